The van der Waals surface area contributed by atoms with Crippen molar-refractivity contribution in [3.63, 3.8) is 0 Å². The van der Waals surface area contributed by atoms with Crippen molar-refractivity contribution in [3.8, 4) is 0 Å². The molecule has 5 nitrogen and oxygen atoms in total. The van der Waals surface area contributed by atoms with Gasteiger partial charge in [0.15, 0.2) is 5.13 Å². The second-order valence-corrected chi connectivity index (χ2v) is 8.57. The monoisotopic (exact) mass is 343 g/mol. The number of thiophene rings is 1. The second kappa shape index (κ2) is 6.04. The van der Waals surface area contributed by atoms with Crippen LogP contribution in [0.15, 0.2) is 16.3 Å². The molecule has 0 aromatic carbocycles. The van der Waals surface area contributed by atoms with Crippen LogP contribution in [-0.4, -0.2) is 19.9 Å². The fourth-order valence-electron chi connectivity index (χ4n) is 2.34. The van der Waals surface area contributed by atoms with E-state index < -0.39 is 10.0 Å². The largest absolute Gasteiger partial charge is 0.312 e. The molecule has 0 amide bonds. The molecule has 2 heterocycles. The minimum absolute atomic E-state index is 0.351. The van der Waals surface area contributed by atoms with Crippen molar-refractivity contribution < 1.29 is 8.42 Å². The molecule has 0 spiro atoms. The number of nitrogens with zero attached hydrogens (tertiary/aromatic N) is 1. The molecule has 8 heteroatoms. The predicted octanol–water partition coefficient (Wildman–Crippen LogP) is 2.60. The third-order valence-corrected chi connectivity index (χ3v) is 7.02. The maximum absolute atomic E-state index is 12.5. The highest BCUT2D eigenvalue weighted by molar-refractivity contribution is 7.93. The Morgan fingerprint density at radius 2 is 2.24 bits per heavy atom. The van der Waals surface area contributed by atoms with Crippen LogP contribution in [-0.2, 0) is 29.4 Å². The van der Waals surface area contributed by atoms with Crippen LogP contribution in [0.25, 0.3) is 0 Å². The molecule has 1 aliphatic rings. The summed E-state index contributed by atoms with van der Waals surface area (Å²) >= 11 is 2.91. The van der Waals surface area contributed by atoms with E-state index in [-0.39, 0.29) is 0 Å². The fourth-order valence-corrected chi connectivity index (χ4v) is 6.04. The molecular formula is C13H17N3O2S3. The Morgan fingerprint density at radius 3 is 3.00 bits per heavy atom. The lowest BCUT2D eigenvalue weighted by molar-refractivity contribution is 0.599. The molecule has 0 bridgehead atoms. The van der Waals surface area contributed by atoms with Gasteiger partial charge in [0.2, 0.25) is 0 Å². The first kappa shape index (κ1) is 15.0. The van der Waals surface area contributed by atoms with Gasteiger partial charge in [-0.15, -0.1) is 22.7 Å². The average molecular weight is 343 g/mol. The van der Waals surface area contributed by atoms with Crippen molar-refractivity contribution in [2.75, 3.05) is 11.3 Å². The Kier molecular flexibility index (Phi) is 4.30. The minimum Gasteiger partial charge on any atom is -0.312 e. The standard InChI is InChI=1S/C13H17N3O2S3/c1-2-14-8-11-12(6-7-19-11)21(17,18)16-13-15-9-4-3-5-10(9)20-13/h6-7,14H,2-5,8H2,1H3,(H,15,16). The van der Waals surface area contributed by atoms with Crippen molar-refractivity contribution in [3.05, 3.63) is 26.9 Å². The van der Waals surface area contributed by atoms with Gasteiger partial charge in [0.1, 0.15) is 4.90 Å². The van der Waals surface area contributed by atoms with Gasteiger partial charge in [-0.2, -0.15) is 0 Å². The lowest BCUT2D eigenvalue weighted by Gasteiger charge is -2.07. The van der Waals surface area contributed by atoms with E-state index in [1.807, 2.05) is 12.3 Å². The summed E-state index contributed by atoms with van der Waals surface area (Å²) < 4.78 is 27.6. The first-order valence-electron chi connectivity index (χ1n) is 6.88. The summed E-state index contributed by atoms with van der Waals surface area (Å²) in [4.78, 5) is 6.79. The summed E-state index contributed by atoms with van der Waals surface area (Å²) in [6.45, 7) is 3.37. The average Bonchev–Trinajstić information content (AvgIpc) is 3.10. The normalized spacial score (nSPS) is 14.3. The Morgan fingerprint density at radius 1 is 1.38 bits per heavy atom. The molecule has 0 radical (unpaired) electrons. The molecule has 0 saturated heterocycles. The fraction of sp³-hybridized carbons (Fsp3) is 0.462. The van der Waals surface area contributed by atoms with Gasteiger partial charge in [-0.1, -0.05) is 6.92 Å². The lowest BCUT2D eigenvalue weighted by atomic mass is 10.4. The number of hydrogen-bond acceptors (Lipinski definition) is 6. The zero-order valence-electron chi connectivity index (χ0n) is 11.7. The van der Waals surface area contributed by atoms with Gasteiger partial charge in [0.05, 0.1) is 5.69 Å². The first-order valence-corrected chi connectivity index (χ1v) is 10.1. The molecule has 0 saturated carbocycles. The molecule has 0 aliphatic heterocycles. The molecule has 0 atom stereocenters. The molecule has 0 fully saturated rings. The SMILES string of the molecule is CCNCc1sccc1S(=O)(=O)Nc1nc2c(s1)CCC2. The summed E-state index contributed by atoms with van der Waals surface area (Å²) in [7, 11) is -3.55. The Hall–Kier alpha value is -0.960. The number of thiazole rings is 1. The lowest BCUT2D eigenvalue weighted by Crippen LogP contribution is -2.17. The van der Waals surface area contributed by atoms with Crippen molar-refractivity contribution in [2.45, 2.75) is 37.6 Å². The summed E-state index contributed by atoms with van der Waals surface area (Å²) in [5.41, 5.74) is 1.05. The van der Waals surface area contributed by atoms with E-state index in [0.717, 1.165) is 36.4 Å². The highest BCUT2D eigenvalue weighted by Gasteiger charge is 2.23. The van der Waals surface area contributed by atoms with Crippen LogP contribution in [0, 0.1) is 0 Å². The molecule has 114 valence electrons. The third-order valence-electron chi connectivity index (χ3n) is 3.35. The van der Waals surface area contributed by atoms with Crippen LogP contribution in [0.2, 0.25) is 0 Å². The van der Waals surface area contributed by atoms with Crippen LogP contribution in [0.3, 0.4) is 0 Å². The summed E-state index contributed by atoms with van der Waals surface area (Å²) in [5.74, 6) is 0. The Labute approximate surface area is 132 Å². The van der Waals surface area contributed by atoms with Gasteiger partial charge in [-0.05, 0) is 37.3 Å². The highest BCUT2D eigenvalue weighted by Crippen LogP contribution is 2.32. The summed E-state index contributed by atoms with van der Waals surface area (Å²) in [6, 6.07) is 1.65. The van der Waals surface area contributed by atoms with E-state index in [0.29, 0.717) is 16.6 Å². The van der Waals surface area contributed by atoms with Crippen molar-refractivity contribution in [2.24, 2.45) is 0 Å². The number of sulfonamides is 1. The maximum atomic E-state index is 12.5. The minimum atomic E-state index is -3.55. The molecule has 2 aromatic rings. The number of nitrogens with one attached hydrogen (secondary N) is 2. The molecule has 21 heavy (non-hydrogen) atoms. The number of rotatable bonds is 6. The molecule has 2 N–H and O–H groups in total. The number of anilines is 1. The predicted molar refractivity (Wildman–Crippen MR) is 86.6 cm³/mol. The zero-order valence-corrected chi connectivity index (χ0v) is 14.1. The van der Waals surface area contributed by atoms with Gasteiger partial charge >= 0.3 is 0 Å². The van der Waals surface area contributed by atoms with Crippen molar-refractivity contribution >= 4 is 37.8 Å². The van der Waals surface area contributed by atoms with E-state index in [1.165, 1.54) is 27.6 Å². The molecule has 1 aliphatic carbocycles. The highest BCUT2D eigenvalue weighted by atomic mass is 32.2. The van der Waals surface area contributed by atoms with E-state index in [4.69, 9.17) is 0 Å². The van der Waals surface area contributed by atoms with Crippen LogP contribution >= 0.6 is 22.7 Å². The maximum Gasteiger partial charge on any atom is 0.264 e. The summed E-state index contributed by atoms with van der Waals surface area (Å²) in [6.07, 6.45) is 3.09. The van der Waals surface area contributed by atoms with Crippen LogP contribution in [0.1, 0.15) is 28.8 Å². The van der Waals surface area contributed by atoms with Gasteiger partial charge in [0.25, 0.3) is 10.0 Å². The van der Waals surface area contributed by atoms with E-state index in [1.54, 1.807) is 6.07 Å². The topological polar surface area (TPSA) is 71.1 Å². The van der Waals surface area contributed by atoms with Crippen LogP contribution in [0.5, 0.6) is 0 Å². The quantitative estimate of drug-likeness (QED) is 0.846. The molecule has 2 aromatic heterocycles. The first-order chi connectivity index (χ1) is 10.1. The van der Waals surface area contributed by atoms with Gasteiger partial charge in [0, 0.05) is 16.3 Å². The number of hydrogen-bond donors (Lipinski definition) is 2. The third kappa shape index (κ3) is 3.13. The van der Waals surface area contributed by atoms with Crippen molar-refractivity contribution in [1.29, 1.82) is 0 Å². The summed E-state index contributed by atoms with van der Waals surface area (Å²) in [5, 5.41) is 5.46. The Bertz CT molecular complexity index is 712. The Balaban J connectivity index is 1.81. The van der Waals surface area contributed by atoms with Crippen LogP contribution < -0.4 is 10.0 Å². The van der Waals surface area contributed by atoms with E-state index >= 15 is 0 Å². The van der Waals surface area contributed by atoms with Gasteiger partial charge in [-0.25, -0.2) is 13.4 Å². The molecular weight excluding hydrogens is 326 g/mol. The number of aromatic nitrogens is 1. The van der Waals surface area contributed by atoms with E-state index in [9.17, 15) is 8.42 Å². The van der Waals surface area contributed by atoms with Gasteiger partial charge < -0.3 is 5.32 Å². The van der Waals surface area contributed by atoms with Gasteiger partial charge in [-0.3, -0.25) is 4.72 Å². The smallest absolute Gasteiger partial charge is 0.264 e. The number of aryl methyl sites for hydroxylation is 2. The molecule has 0 unspecified atom stereocenters. The van der Waals surface area contributed by atoms with Crippen molar-refractivity contribution in [1.82, 2.24) is 10.3 Å². The molecule has 3 rings (SSSR count). The zero-order chi connectivity index (χ0) is 14.9. The number of fused-ring (bicyclic) bond motifs is 1. The second-order valence-electron chi connectivity index (χ2n) is 4.84. The van der Waals surface area contributed by atoms with E-state index in [2.05, 4.69) is 15.0 Å². The van der Waals surface area contributed by atoms with Crippen LogP contribution in [0.4, 0.5) is 5.13 Å².